The molecule has 0 saturated carbocycles. The number of thiophene rings is 1. The summed E-state index contributed by atoms with van der Waals surface area (Å²) in [6.07, 6.45) is 3.46. The van der Waals surface area contributed by atoms with Crippen molar-refractivity contribution >= 4 is 22.2 Å². The summed E-state index contributed by atoms with van der Waals surface area (Å²) >= 11 is 1.68. The maximum atomic E-state index is 13.2. The van der Waals surface area contributed by atoms with E-state index in [-0.39, 0.29) is 11.9 Å². The van der Waals surface area contributed by atoms with Gasteiger partial charge in [-0.05, 0) is 93.1 Å². The zero-order chi connectivity index (χ0) is 26.5. The molecule has 196 valence electrons. The highest BCUT2D eigenvalue weighted by Gasteiger charge is 2.32. The number of hydrogen-bond donors (Lipinski definition) is 1. The van der Waals surface area contributed by atoms with E-state index in [2.05, 4.69) is 66.5 Å². The molecule has 1 aliphatic rings. The third-order valence-electron chi connectivity index (χ3n) is 7.78. The maximum absolute atomic E-state index is 13.2. The summed E-state index contributed by atoms with van der Waals surface area (Å²) in [5, 5.41) is 4.22. The molecule has 5 heteroatoms. The molecule has 5 rings (SSSR count). The van der Waals surface area contributed by atoms with Gasteiger partial charge in [0.05, 0.1) is 13.2 Å². The van der Waals surface area contributed by atoms with Gasteiger partial charge in [-0.1, -0.05) is 60.7 Å². The molecule has 0 aliphatic carbocycles. The highest BCUT2D eigenvalue weighted by Crippen LogP contribution is 2.44. The van der Waals surface area contributed by atoms with Crippen LogP contribution < -0.4 is 10.1 Å². The first-order chi connectivity index (χ1) is 18.5. The largest absolute Gasteiger partial charge is 0.497 e. The SMILES string of the molecule is COc1ccc(C(c2c(NC(=O)c3ccccc3)sc(C)c2C)N2CCC(Cc3ccccc3)CC2)cc1. The van der Waals surface area contributed by atoms with Crippen molar-refractivity contribution in [1.29, 1.82) is 0 Å². The molecule has 1 aromatic heterocycles. The number of piperidine rings is 1. The van der Waals surface area contributed by atoms with Crippen LogP contribution in [0.2, 0.25) is 0 Å². The van der Waals surface area contributed by atoms with Crippen molar-refractivity contribution < 1.29 is 9.53 Å². The van der Waals surface area contributed by atoms with E-state index in [1.54, 1.807) is 18.4 Å². The molecule has 1 fully saturated rings. The van der Waals surface area contributed by atoms with Crippen molar-refractivity contribution in [3.8, 4) is 5.75 Å². The van der Waals surface area contributed by atoms with Gasteiger partial charge in [0.1, 0.15) is 10.8 Å². The molecule has 1 atom stereocenters. The van der Waals surface area contributed by atoms with Gasteiger partial charge in [0.15, 0.2) is 0 Å². The van der Waals surface area contributed by atoms with Crippen molar-refractivity contribution in [2.24, 2.45) is 5.92 Å². The molecule has 1 saturated heterocycles. The standard InChI is InChI=1S/C33H36N2O2S/c1-23-24(2)38-33(34-32(36)28-12-8-5-9-13-28)30(23)31(27-14-16-29(37-3)17-15-27)35-20-18-26(19-21-35)22-25-10-6-4-7-11-25/h4-17,26,31H,18-22H2,1-3H3,(H,34,36). The van der Waals surface area contributed by atoms with Crippen LogP contribution >= 0.6 is 11.3 Å². The number of benzene rings is 3. The average Bonchev–Trinajstić information content (AvgIpc) is 3.23. The van der Waals surface area contributed by atoms with E-state index in [4.69, 9.17) is 4.74 Å². The van der Waals surface area contributed by atoms with Crippen molar-refractivity contribution in [2.45, 2.75) is 39.2 Å². The molecule has 2 heterocycles. The fraction of sp³-hybridized carbons (Fsp3) is 0.303. The summed E-state index contributed by atoms with van der Waals surface area (Å²) in [4.78, 5) is 17.0. The predicted octanol–water partition coefficient (Wildman–Crippen LogP) is 7.67. The third kappa shape index (κ3) is 5.85. The zero-order valence-electron chi connectivity index (χ0n) is 22.4. The lowest BCUT2D eigenvalue weighted by Crippen LogP contribution is -2.38. The normalized spacial score (nSPS) is 15.2. The highest BCUT2D eigenvalue weighted by atomic mass is 32.1. The summed E-state index contributed by atoms with van der Waals surface area (Å²) < 4.78 is 5.46. The smallest absolute Gasteiger partial charge is 0.256 e. The molecule has 4 nitrogen and oxygen atoms in total. The van der Waals surface area contributed by atoms with Crippen LogP contribution in [-0.2, 0) is 6.42 Å². The number of ether oxygens (including phenoxy) is 1. The Morgan fingerprint density at radius 1 is 0.947 bits per heavy atom. The van der Waals surface area contributed by atoms with Crippen molar-refractivity contribution in [1.82, 2.24) is 4.90 Å². The van der Waals surface area contributed by atoms with Crippen LogP contribution in [0.3, 0.4) is 0 Å². The number of likely N-dealkylation sites (tertiary alicyclic amines) is 1. The Morgan fingerprint density at radius 3 is 2.21 bits per heavy atom. The molecular formula is C33H36N2O2S. The first-order valence-corrected chi connectivity index (χ1v) is 14.2. The van der Waals surface area contributed by atoms with E-state index in [9.17, 15) is 4.79 Å². The van der Waals surface area contributed by atoms with Crippen LogP contribution in [0.4, 0.5) is 5.00 Å². The molecule has 38 heavy (non-hydrogen) atoms. The predicted molar refractivity (Wildman–Crippen MR) is 157 cm³/mol. The number of carbonyl (C=O) groups excluding carboxylic acids is 1. The average molecular weight is 525 g/mol. The number of hydrogen-bond acceptors (Lipinski definition) is 4. The second kappa shape index (κ2) is 12.0. The topological polar surface area (TPSA) is 41.6 Å². The molecule has 3 aromatic carbocycles. The fourth-order valence-electron chi connectivity index (χ4n) is 5.54. The van der Waals surface area contributed by atoms with E-state index in [1.165, 1.54) is 27.1 Å². The Morgan fingerprint density at radius 2 is 1.58 bits per heavy atom. The number of amides is 1. The molecule has 1 aliphatic heterocycles. The van der Waals surface area contributed by atoms with Gasteiger partial charge in [0.2, 0.25) is 0 Å². The Bertz CT molecular complexity index is 1340. The zero-order valence-corrected chi connectivity index (χ0v) is 23.3. The van der Waals surface area contributed by atoms with E-state index in [0.717, 1.165) is 43.1 Å². The molecule has 1 amide bonds. The summed E-state index contributed by atoms with van der Waals surface area (Å²) in [5.74, 6) is 1.47. The monoisotopic (exact) mass is 524 g/mol. The summed E-state index contributed by atoms with van der Waals surface area (Å²) in [6, 6.07) is 28.8. The third-order valence-corrected chi connectivity index (χ3v) is 8.92. The van der Waals surface area contributed by atoms with E-state index in [1.807, 2.05) is 42.5 Å². The van der Waals surface area contributed by atoms with Crippen molar-refractivity contribution in [3.05, 3.63) is 118 Å². The van der Waals surface area contributed by atoms with Crippen LogP contribution in [0.25, 0.3) is 0 Å². The van der Waals surface area contributed by atoms with Gasteiger partial charge in [-0.2, -0.15) is 0 Å². The van der Waals surface area contributed by atoms with Gasteiger partial charge in [-0.3, -0.25) is 9.69 Å². The van der Waals surface area contributed by atoms with Crippen LogP contribution in [-0.4, -0.2) is 31.0 Å². The molecule has 0 spiro atoms. The number of rotatable bonds is 8. The Balaban J connectivity index is 1.45. The first kappa shape index (κ1) is 26.2. The summed E-state index contributed by atoms with van der Waals surface area (Å²) in [6.45, 7) is 6.39. The molecule has 0 radical (unpaired) electrons. The minimum Gasteiger partial charge on any atom is -0.497 e. The second-order valence-corrected chi connectivity index (χ2v) is 11.4. The molecule has 4 aromatic rings. The van der Waals surface area contributed by atoms with E-state index >= 15 is 0 Å². The molecule has 1 unspecified atom stereocenters. The first-order valence-electron chi connectivity index (χ1n) is 13.4. The Kier molecular flexibility index (Phi) is 8.26. The van der Waals surface area contributed by atoms with Gasteiger partial charge in [-0.15, -0.1) is 11.3 Å². The number of anilines is 1. The number of carbonyl (C=O) groups is 1. The van der Waals surface area contributed by atoms with Crippen molar-refractivity contribution in [3.63, 3.8) is 0 Å². The van der Waals surface area contributed by atoms with Crippen LogP contribution in [0.5, 0.6) is 5.75 Å². The van der Waals surface area contributed by atoms with Gasteiger partial charge < -0.3 is 10.1 Å². The lowest BCUT2D eigenvalue weighted by molar-refractivity contribution is 0.102. The minimum absolute atomic E-state index is 0.0644. The maximum Gasteiger partial charge on any atom is 0.256 e. The summed E-state index contributed by atoms with van der Waals surface area (Å²) in [7, 11) is 1.70. The lowest BCUT2D eigenvalue weighted by atomic mass is 9.87. The van der Waals surface area contributed by atoms with Crippen LogP contribution in [0.15, 0.2) is 84.9 Å². The Labute approximate surface area is 230 Å². The van der Waals surface area contributed by atoms with Gasteiger partial charge in [0, 0.05) is 16.0 Å². The number of aryl methyl sites for hydroxylation is 1. The van der Waals surface area contributed by atoms with E-state index in [0.29, 0.717) is 11.5 Å². The van der Waals surface area contributed by atoms with Crippen LogP contribution in [0, 0.1) is 19.8 Å². The molecular weight excluding hydrogens is 488 g/mol. The molecule has 1 N–H and O–H groups in total. The van der Waals surface area contributed by atoms with Gasteiger partial charge in [0.25, 0.3) is 5.91 Å². The van der Waals surface area contributed by atoms with Crippen molar-refractivity contribution in [2.75, 3.05) is 25.5 Å². The number of nitrogens with zero attached hydrogens (tertiary/aromatic N) is 1. The van der Waals surface area contributed by atoms with Crippen LogP contribution in [0.1, 0.15) is 56.4 Å². The van der Waals surface area contributed by atoms with E-state index < -0.39 is 0 Å². The minimum atomic E-state index is -0.0665. The number of methoxy groups -OCH3 is 1. The summed E-state index contributed by atoms with van der Waals surface area (Å²) in [5.41, 5.74) is 5.79. The highest BCUT2D eigenvalue weighted by molar-refractivity contribution is 7.16. The Hall–Kier alpha value is -3.41. The molecule has 0 bridgehead atoms. The second-order valence-electron chi connectivity index (χ2n) is 10.2. The lowest BCUT2D eigenvalue weighted by Gasteiger charge is -2.38. The van der Waals surface area contributed by atoms with Gasteiger partial charge in [-0.25, -0.2) is 0 Å². The number of nitrogens with one attached hydrogen (secondary N) is 1. The fourth-order valence-corrected chi connectivity index (χ4v) is 6.63. The van der Waals surface area contributed by atoms with Gasteiger partial charge >= 0.3 is 0 Å². The quantitative estimate of drug-likeness (QED) is 0.257.